The van der Waals surface area contributed by atoms with Crippen LogP contribution in [0.3, 0.4) is 0 Å². The summed E-state index contributed by atoms with van der Waals surface area (Å²) in [5.41, 5.74) is 2.24. The molecule has 2 N–H and O–H groups in total. The standard InChI is InChI=1S/C30H37N5O5S2/c1-6-35(18-21-10-8-7-9-11-21)42(39,40)23-14-12-22(13-15-23)27(36)31-29-26(28(37)32-30(38)33(4)5)24-16-17-34(20(2)3)19-25(24)41-29/h7-15,20H,6,16-19H2,1-5H3,(H,31,36)(H,32,37,38). The highest BCUT2D eigenvalue weighted by molar-refractivity contribution is 7.89. The summed E-state index contributed by atoms with van der Waals surface area (Å²) in [5, 5.41) is 5.60. The van der Waals surface area contributed by atoms with Crippen LogP contribution in [0.5, 0.6) is 0 Å². The quantitative estimate of drug-likeness (QED) is 0.371. The number of hydrogen-bond donors (Lipinski definition) is 2. The van der Waals surface area contributed by atoms with Gasteiger partial charge in [0.05, 0.1) is 10.5 Å². The number of sulfonamides is 1. The number of benzene rings is 2. The first-order valence-electron chi connectivity index (χ1n) is 13.8. The lowest BCUT2D eigenvalue weighted by Crippen LogP contribution is -2.40. The largest absolute Gasteiger partial charge is 0.331 e. The van der Waals surface area contributed by atoms with E-state index in [0.29, 0.717) is 29.6 Å². The SMILES string of the molecule is CCN(Cc1ccccc1)S(=O)(=O)c1ccc(C(=O)Nc2sc3c(c2C(=O)NC(=O)N(C)C)CCN(C(C)C)C3)cc1. The van der Waals surface area contributed by atoms with Gasteiger partial charge in [-0.15, -0.1) is 11.3 Å². The smallest absolute Gasteiger partial charge is 0.323 e. The van der Waals surface area contributed by atoms with E-state index in [9.17, 15) is 22.8 Å². The van der Waals surface area contributed by atoms with Gasteiger partial charge in [-0.2, -0.15) is 4.31 Å². The molecule has 4 amide bonds. The van der Waals surface area contributed by atoms with Crippen LogP contribution in [-0.4, -0.2) is 73.6 Å². The molecule has 0 saturated heterocycles. The molecule has 0 unspecified atom stereocenters. The van der Waals surface area contributed by atoms with Crippen LogP contribution in [0, 0.1) is 0 Å². The highest BCUT2D eigenvalue weighted by Gasteiger charge is 2.31. The molecule has 0 spiro atoms. The Hall–Kier alpha value is -3.58. The molecular formula is C30H37N5O5S2. The predicted molar refractivity (Wildman–Crippen MR) is 164 cm³/mol. The molecule has 12 heteroatoms. The Morgan fingerprint density at radius 3 is 2.26 bits per heavy atom. The molecule has 0 saturated carbocycles. The molecule has 0 fully saturated rings. The van der Waals surface area contributed by atoms with Gasteiger partial charge >= 0.3 is 6.03 Å². The van der Waals surface area contributed by atoms with E-state index in [2.05, 4.69) is 29.4 Å². The monoisotopic (exact) mass is 611 g/mol. The number of nitrogens with zero attached hydrogens (tertiary/aromatic N) is 3. The maximum absolute atomic E-state index is 13.3. The first-order valence-corrected chi connectivity index (χ1v) is 16.0. The van der Waals surface area contributed by atoms with Gasteiger partial charge in [-0.05, 0) is 55.7 Å². The first-order chi connectivity index (χ1) is 19.9. The van der Waals surface area contributed by atoms with E-state index in [1.165, 1.54) is 44.8 Å². The molecular weight excluding hydrogens is 574 g/mol. The summed E-state index contributed by atoms with van der Waals surface area (Å²) >= 11 is 1.32. The zero-order chi connectivity index (χ0) is 30.6. The Morgan fingerprint density at radius 1 is 1.00 bits per heavy atom. The van der Waals surface area contributed by atoms with Gasteiger partial charge in [0.2, 0.25) is 10.0 Å². The van der Waals surface area contributed by atoms with Gasteiger partial charge in [0, 0.05) is 56.8 Å². The van der Waals surface area contributed by atoms with Crippen molar-refractivity contribution in [3.63, 3.8) is 0 Å². The summed E-state index contributed by atoms with van der Waals surface area (Å²) < 4.78 is 28.0. The molecule has 1 aromatic heterocycles. The van der Waals surface area contributed by atoms with Crippen LogP contribution in [-0.2, 0) is 29.5 Å². The van der Waals surface area contributed by atoms with Crippen LogP contribution in [0.15, 0.2) is 59.5 Å². The number of hydrogen-bond acceptors (Lipinski definition) is 7. The molecule has 10 nitrogen and oxygen atoms in total. The van der Waals surface area contributed by atoms with E-state index in [4.69, 9.17) is 0 Å². The fourth-order valence-electron chi connectivity index (χ4n) is 4.72. The van der Waals surface area contributed by atoms with Crippen LogP contribution in [0.1, 0.15) is 57.5 Å². The molecule has 0 radical (unpaired) electrons. The van der Waals surface area contributed by atoms with Gasteiger partial charge in [-0.3, -0.25) is 19.8 Å². The van der Waals surface area contributed by atoms with Crippen molar-refractivity contribution in [1.82, 2.24) is 19.4 Å². The Morgan fingerprint density at radius 2 is 1.67 bits per heavy atom. The predicted octanol–water partition coefficient (Wildman–Crippen LogP) is 4.39. The average molecular weight is 612 g/mol. The molecule has 3 aromatic rings. The Labute approximate surface area is 251 Å². The topological polar surface area (TPSA) is 119 Å². The number of amides is 4. The van der Waals surface area contributed by atoms with Gasteiger partial charge in [0.1, 0.15) is 5.00 Å². The van der Waals surface area contributed by atoms with Crippen LogP contribution in [0.25, 0.3) is 0 Å². The Balaban J connectivity index is 1.57. The Kier molecular flexibility index (Phi) is 9.82. The van der Waals surface area contributed by atoms with Crippen LogP contribution in [0.2, 0.25) is 0 Å². The number of nitrogens with one attached hydrogen (secondary N) is 2. The van der Waals surface area contributed by atoms with Crippen molar-refractivity contribution in [3.05, 3.63) is 81.7 Å². The van der Waals surface area contributed by atoms with Gasteiger partial charge in [0.25, 0.3) is 11.8 Å². The number of thiophene rings is 1. The lowest BCUT2D eigenvalue weighted by Gasteiger charge is -2.30. The average Bonchev–Trinajstić information content (AvgIpc) is 3.33. The minimum atomic E-state index is -3.79. The van der Waals surface area contributed by atoms with E-state index in [-0.39, 0.29) is 23.5 Å². The normalized spacial score (nSPS) is 13.6. The molecule has 0 bridgehead atoms. The lowest BCUT2D eigenvalue weighted by molar-refractivity contribution is 0.0956. The van der Waals surface area contributed by atoms with Crippen molar-refractivity contribution in [3.8, 4) is 0 Å². The number of carbonyl (C=O) groups is 3. The number of urea groups is 1. The summed E-state index contributed by atoms with van der Waals surface area (Å²) in [4.78, 5) is 43.4. The van der Waals surface area contributed by atoms with Crippen molar-refractivity contribution < 1.29 is 22.8 Å². The van der Waals surface area contributed by atoms with Gasteiger partial charge in [-0.1, -0.05) is 37.3 Å². The zero-order valence-corrected chi connectivity index (χ0v) is 26.1. The highest BCUT2D eigenvalue weighted by atomic mass is 32.2. The van der Waals surface area contributed by atoms with Crippen molar-refractivity contribution in [2.45, 2.75) is 51.2 Å². The molecule has 224 valence electrons. The molecule has 1 aliphatic rings. The van der Waals surface area contributed by atoms with Gasteiger partial charge in [0.15, 0.2) is 0 Å². The molecule has 2 heterocycles. The van der Waals surface area contributed by atoms with Gasteiger partial charge in [-0.25, -0.2) is 13.2 Å². The number of anilines is 1. The summed E-state index contributed by atoms with van der Waals surface area (Å²) in [6.45, 7) is 7.91. The van der Waals surface area contributed by atoms with E-state index in [1.54, 1.807) is 21.0 Å². The second-order valence-corrected chi connectivity index (χ2v) is 13.6. The van der Waals surface area contributed by atoms with E-state index >= 15 is 0 Å². The molecule has 4 rings (SSSR count). The fourth-order valence-corrected chi connectivity index (χ4v) is 7.42. The van der Waals surface area contributed by atoms with Crippen molar-refractivity contribution in [2.75, 3.05) is 32.5 Å². The summed E-state index contributed by atoms with van der Waals surface area (Å²) in [5.74, 6) is -1.05. The highest BCUT2D eigenvalue weighted by Crippen LogP contribution is 2.38. The molecule has 2 aromatic carbocycles. The third kappa shape index (κ3) is 6.89. The maximum Gasteiger partial charge on any atom is 0.323 e. The van der Waals surface area contributed by atoms with E-state index < -0.39 is 27.9 Å². The molecule has 0 atom stereocenters. The third-order valence-corrected chi connectivity index (χ3v) is 10.3. The second-order valence-electron chi connectivity index (χ2n) is 10.6. The van der Waals surface area contributed by atoms with Crippen LogP contribution in [0.4, 0.5) is 9.80 Å². The zero-order valence-electron chi connectivity index (χ0n) is 24.5. The summed E-state index contributed by atoms with van der Waals surface area (Å²) in [6.07, 6.45) is 0.613. The molecule has 0 aliphatic carbocycles. The van der Waals surface area contributed by atoms with Crippen molar-refractivity contribution in [1.29, 1.82) is 0 Å². The lowest BCUT2D eigenvalue weighted by atomic mass is 10.0. The first kappa shape index (κ1) is 31.4. The molecule has 42 heavy (non-hydrogen) atoms. The summed E-state index contributed by atoms with van der Waals surface area (Å²) in [6, 6.07) is 14.9. The van der Waals surface area contributed by atoms with Gasteiger partial charge < -0.3 is 10.2 Å². The third-order valence-electron chi connectivity index (χ3n) is 7.21. The maximum atomic E-state index is 13.3. The van der Waals surface area contributed by atoms with E-state index in [0.717, 1.165) is 22.5 Å². The van der Waals surface area contributed by atoms with E-state index in [1.807, 2.05) is 30.3 Å². The van der Waals surface area contributed by atoms with Crippen LogP contribution >= 0.6 is 11.3 Å². The number of rotatable bonds is 9. The second kappa shape index (κ2) is 13.2. The number of fused-ring (bicyclic) bond motifs is 1. The van der Waals surface area contributed by atoms with Crippen LogP contribution < -0.4 is 10.6 Å². The number of carbonyl (C=O) groups excluding carboxylic acids is 3. The van der Waals surface area contributed by atoms with Crippen molar-refractivity contribution in [2.24, 2.45) is 0 Å². The molecule has 1 aliphatic heterocycles. The minimum Gasteiger partial charge on any atom is -0.331 e. The summed E-state index contributed by atoms with van der Waals surface area (Å²) in [7, 11) is -0.708. The minimum absolute atomic E-state index is 0.0828. The fraction of sp³-hybridized carbons (Fsp3) is 0.367. The Bertz CT molecular complexity index is 1550. The number of imide groups is 1. The van der Waals surface area contributed by atoms with Crippen molar-refractivity contribution >= 4 is 44.2 Å².